The van der Waals surface area contributed by atoms with Gasteiger partial charge in [0.05, 0.1) is 5.02 Å². The van der Waals surface area contributed by atoms with E-state index >= 15 is 0 Å². The molecule has 0 atom stereocenters. The summed E-state index contributed by atoms with van der Waals surface area (Å²) in [5.41, 5.74) is 6.12. The molecule has 19 heavy (non-hydrogen) atoms. The Morgan fingerprint density at radius 1 is 1.58 bits per heavy atom. The third-order valence-corrected chi connectivity index (χ3v) is 3.74. The number of rotatable bonds is 6. The summed E-state index contributed by atoms with van der Waals surface area (Å²) in [5.74, 6) is 1.42. The van der Waals surface area contributed by atoms with E-state index in [-0.39, 0.29) is 5.84 Å². The molecule has 0 bridgehead atoms. The first kappa shape index (κ1) is 14.1. The van der Waals surface area contributed by atoms with Crippen molar-refractivity contribution in [1.82, 2.24) is 4.98 Å². The summed E-state index contributed by atoms with van der Waals surface area (Å²) in [6.07, 6.45) is 5.18. The summed E-state index contributed by atoms with van der Waals surface area (Å²) in [4.78, 5) is 6.68. The number of nitrogens with two attached hydrogens (primary N) is 1. The van der Waals surface area contributed by atoms with Crippen molar-refractivity contribution < 1.29 is 0 Å². The van der Waals surface area contributed by atoms with Crippen LogP contribution in [0.1, 0.15) is 38.7 Å². The van der Waals surface area contributed by atoms with Gasteiger partial charge in [-0.3, -0.25) is 5.41 Å². The minimum Gasteiger partial charge on any atom is -0.384 e. The molecule has 1 heterocycles. The number of nitrogen functional groups attached to an aromatic ring is 1. The molecular formula is C14H21ClN4. The maximum Gasteiger partial charge on any atom is 0.148 e. The van der Waals surface area contributed by atoms with E-state index in [1.54, 1.807) is 12.3 Å². The smallest absolute Gasteiger partial charge is 0.148 e. The fraction of sp³-hybridized carbons (Fsp3) is 0.571. The van der Waals surface area contributed by atoms with Crippen molar-refractivity contribution >= 4 is 23.3 Å². The number of aromatic nitrogens is 1. The summed E-state index contributed by atoms with van der Waals surface area (Å²) in [5, 5.41) is 8.06. The second-order valence-electron chi connectivity index (χ2n) is 5.52. The van der Waals surface area contributed by atoms with Crippen molar-refractivity contribution in [3.8, 4) is 0 Å². The zero-order chi connectivity index (χ0) is 14.0. The highest BCUT2D eigenvalue weighted by Gasteiger charge is 2.31. The van der Waals surface area contributed by atoms with Crippen molar-refractivity contribution in [2.75, 3.05) is 11.4 Å². The van der Waals surface area contributed by atoms with Crippen LogP contribution in [0.3, 0.4) is 0 Å². The number of nitrogens with zero attached hydrogens (tertiary/aromatic N) is 2. The summed E-state index contributed by atoms with van der Waals surface area (Å²) in [7, 11) is 0. The molecule has 0 unspecified atom stereocenters. The van der Waals surface area contributed by atoms with Gasteiger partial charge in [-0.15, -0.1) is 0 Å². The Morgan fingerprint density at radius 3 is 2.79 bits per heavy atom. The summed E-state index contributed by atoms with van der Waals surface area (Å²) in [6, 6.07) is 2.24. The molecule has 1 fully saturated rings. The SMILES string of the molecule is CC(C)CCN(c1nccc(C(=N)N)c1Cl)C1CC1. The van der Waals surface area contributed by atoms with Crippen LogP contribution in [0.5, 0.6) is 0 Å². The van der Waals surface area contributed by atoms with Crippen molar-refractivity contribution in [3.63, 3.8) is 0 Å². The second kappa shape index (κ2) is 5.78. The lowest BCUT2D eigenvalue weighted by Crippen LogP contribution is -2.29. The molecule has 1 aliphatic carbocycles. The normalized spacial score (nSPS) is 14.7. The molecule has 5 heteroatoms. The van der Waals surface area contributed by atoms with Crippen LogP contribution in [0, 0.1) is 11.3 Å². The number of halogens is 1. The largest absolute Gasteiger partial charge is 0.384 e. The van der Waals surface area contributed by atoms with Crippen molar-refractivity contribution in [1.29, 1.82) is 5.41 Å². The van der Waals surface area contributed by atoms with E-state index in [9.17, 15) is 0 Å². The number of amidine groups is 1. The monoisotopic (exact) mass is 280 g/mol. The van der Waals surface area contributed by atoms with E-state index in [1.807, 2.05) is 0 Å². The number of anilines is 1. The van der Waals surface area contributed by atoms with Gasteiger partial charge in [0.2, 0.25) is 0 Å². The Kier molecular flexibility index (Phi) is 4.30. The van der Waals surface area contributed by atoms with E-state index in [0.717, 1.165) is 18.8 Å². The number of hydrogen-bond donors (Lipinski definition) is 2. The van der Waals surface area contributed by atoms with Gasteiger partial charge < -0.3 is 10.6 Å². The Balaban J connectivity index is 2.26. The average Bonchev–Trinajstić information content (AvgIpc) is 3.15. The molecule has 3 N–H and O–H groups in total. The molecule has 1 aromatic rings. The minimum absolute atomic E-state index is 0.00624. The Labute approximate surface area is 119 Å². The first-order valence-corrected chi connectivity index (χ1v) is 7.14. The Bertz CT molecular complexity index is 469. The highest BCUT2D eigenvalue weighted by molar-refractivity contribution is 6.36. The van der Waals surface area contributed by atoms with E-state index in [0.29, 0.717) is 22.5 Å². The topological polar surface area (TPSA) is 66.0 Å². The summed E-state index contributed by atoms with van der Waals surface area (Å²) < 4.78 is 0. The molecule has 4 nitrogen and oxygen atoms in total. The maximum atomic E-state index is 7.55. The van der Waals surface area contributed by atoms with Gasteiger partial charge in [-0.05, 0) is 31.2 Å². The van der Waals surface area contributed by atoms with Gasteiger partial charge in [-0.1, -0.05) is 25.4 Å². The van der Waals surface area contributed by atoms with Gasteiger partial charge in [0.15, 0.2) is 0 Å². The van der Waals surface area contributed by atoms with Gasteiger partial charge in [-0.2, -0.15) is 0 Å². The molecule has 0 aliphatic heterocycles. The maximum absolute atomic E-state index is 7.55. The van der Waals surface area contributed by atoms with Gasteiger partial charge in [-0.25, -0.2) is 4.98 Å². The Hall–Kier alpha value is -1.29. The van der Waals surface area contributed by atoms with Crippen LogP contribution in [-0.4, -0.2) is 23.4 Å². The third-order valence-electron chi connectivity index (χ3n) is 3.37. The fourth-order valence-corrected chi connectivity index (χ4v) is 2.41. The molecule has 0 spiro atoms. The van der Waals surface area contributed by atoms with E-state index in [1.165, 1.54) is 12.8 Å². The van der Waals surface area contributed by atoms with Crippen LogP contribution < -0.4 is 10.6 Å². The van der Waals surface area contributed by atoms with Crippen LogP contribution >= 0.6 is 11.6 Å². The van der Waals surface area contributed by atoms with Crippen molar-refractivity contribution in [3.05, 3.63) is 22.8 Å². The lowest BCUT2D eigenvalue weighted by molar-refractivity contribution is 0.568. The van der Waals surface area contributed by atoms with E-state index < -0.39 is 0 Å². The van der Waals surface area contributed by atoms with Crippen molar-refractivity contribution in [2.24, 2.45) is 11.7 Å². The quantitative estimate of drug-likeness (QED) is 0.622. The minimum atomic E-state index is -0.00624. The third kappa shape index (κ3) is 3.38. The molecule has 2 rings (SSSR count). The molecule has 1 aromatic heterocycles. The Morgan fingerprint density at radius 2 is 2.26 bits per heavy atom. The van der Waals surface area contributed by atoms with Crippen molar-refractivity contribution in [2.45, 2.75) is 39.2 Å². The second-order valence-corrected chi connectivity index (χ2v) is 5.89. The standard InChI is InChI=1S/C14H21ClN4/c1-9(2)6-8-19(10-3-4-10)14-12(15)11(13(16)17)5-7-18-14/h5,7,9-10H,3-4,6,8H2,1-2H3,(H3,16,17). The number of pyridine rings is 1. The lowest BCUT2D eigenvalue weighted by Gasteiger charge is -2.26. The van der Waals surface area contributed by atoms with Crippen LogP contribution in [0.2, 0.25) is 5.02 Å². The van der Waals surface area contributed by atoms with Gasteiger partial charge in [0.1, 0.15) is 11.7 Å². The zero-order valence-electron chi connectivity index (χ0n) is 11.5. The van der Waals surface area contributed by atoms with Gasteiger partial charge in [0, 0.05) is 24.3 Å². The first-order chi connectivity index (χ1) is 9.00. The molecule has 1 saturated carbocycles. The molecule has 1 aliphatic rings. The predicted octanol–water partition coefficient (Wildman–Crippen LogP) is 3.03. The van der Waals surface area contributed by atoms with Crippen LogP contribution in [0.15, 0.2) is 12.3 Å². The molecule has 104 valence electrons. The van der Waals surface area contributed by atoms with Crippen LogP contribution in [0.25, 0.3) is 0 Å². The van der Waals surface area contributed by atoms with E-state index in [2.05, 4.69) is 23.7 Å². The fourth-order valence-electron chi connectivity index (χ4n) is 2.09. The van der Waals surface area contributed by atoms with Gasteiger partial charge in [0.25, 0.3) is 0 Å². The number of hydrogen-bond acceptors (Lipinski definition) is 3. The lowest BCUT2D eigenvalue weighted by atomic mass is 10.1. The molecule has 0 saturated heterocycles. The summed E-state index contributed by atoms with van der Waals surface area (Å²) >= 11 is 6.36. The van der Waals surface area contributed by atoms with Crippen LogP contribution in [0.4, 0.5) is 5.82 Å². The molecular weight excluding hydrogens is 260 g/mol. The van der Waals surface area contributed by atoms with Crippen LogP contribution in [-0.2, 0) is 0 Å². The predicted molar refractivity (Wildman–Crippen MR) is 80.1 cm³/mol. The highest BCUT2D eigenvalue weighted by Crippen LogP contribution is 2.35. The summed E-state index contributed by atoms with van der Waals surface area (Å²) in [6.45, 7) is 5.38. The molecule has 0 radical (unpaired) electrons. The molecule has 0 amide bonds. The molecule has 0 aromatic carbocycles. The van der Waals surface area contributed by atoms with Gasteiger partial charge >= 0.3 is 0 Å². The van der Waals surface area contributed by atoms with E-state index in [4.69, 9.17) is 22.7 Å². The average molecular weight is 281 g/mol. The number of nitrogens with one attached hydrogen (secondary N) is 1. The zero-order valence-corrected chi connectivity index (χ0v) is 12.2. The highest BCUT2D eigenvalue weighted by atomic mass is 35.5. The first-order valence-electron chi connectivity index (χ1n) is 6.76.